The number of benzene rings is 1. The molecule has 0 aliphatic rings. The van der Waals surface area contributed by atoms with Crippen LogP contribution in [0.3, 0.4) is 0 Å². The SMILES string of the molecule is CNc1nc(-c2cc(O)cc(F)c2)nc(C)c1Br. The topological polar surface area (TPSA) is 58.0 Å². The number of phenols is 1. The van der Waals surface area contributed by atoms with Crippen molar-refractivity contribution in [2.24, 2.45) is 0 Å². The number of aromatic nitrogens is 2. The average Bonchev–Trinajstić information content (AvgIpc) is 2.31. The highest BCUT2D eigenvalue weighted by Gasteiger charge is 2.11. The van der Waals surface area contributed by atoms with Crippen LogP contribution in [0.4, 0.5) is 10.2 Å². The van der Waals surface area contributed by atoms with Gasteiger partial charge in [0.05, 0.1) is 10.2 Å². The maximum absolute atomic E-state index is 13.2. The minimum absolute atomic E-state index is 0.153. The molecule has 0 radical (unpaired) electrons. The summed E-state index contributed by atoms with van der Waals surface area (Å²) in [5.74, 6) is 0.288. The molecular weight excluding hydrogens is 301 g/mol. The van der Waals surface area contributed by atoms with E-state index in [0.29, 0.717) is 17.2 Å². The number of hydrogen-bond donors (Lipinski definition) is 2. The van der Waals surface area contributed by atoms with E-state index in [1.165, 1.54) is 12.1 Å². The van der Waals surface area contributed by atoms with E-state index < -0.39 is 5.82 Å². The summed E-state index contributed by atoms with van der Waals surface area (Å²) in [6, 6.07) is 3.74. The zero-order chi connectivity index (χ0) is 13.3. The van der Waals surface area contributed by atoms with Crippen LogP contribution >= 0.6 is 15.9 Å². The third-order valence-corrected chi connectivity index (χ3v) is 3.34. The summed E-state index contributed by atoms with van der Waals surface area (Å²) in [5, 5.41) is 12.3. The van der Waals surface area contributed by atoms with Crippen molar-refractivity contribution in [2.75, 3.05) is 12.4 Å². The molecule has 0 bridgehead atoms. The van der Waals surface area contributed by atoms with Gasteiger partial charge in [0.2, 0.25) is 0 Å². The van der Waals surface area contributed by atoms with Gasteiger partial charge >= 0.3 is 0 Å². The molecule has 0 atom stereocenters. The van der Waals surface area contributed by atoms with Gasteiger partial charge < -0.3 is 10.4 Å². The smallest absolute Gasteiger partial charge is 0.162 e. The first kappa shape index (κ1) is 12.8. The Morgan fingerprint density at radius 3 is 2.61 bits per heavy atom. The van der Waals surface area contributed by atoms with E-state index in [-0.39, 0.29) is 5.75 Å². The van der Waals surface area contributed by atoms with E-state index in [4.69, 9.17) is 0 Å². The van der Waals surface area contributed by atoms with Gasteiger partial charge in [0, 0.05) is 18.7 Å². The minimum Gasteiger partial charge on any atom is -0.508 e. The van der Waals surface area contributed by atoms with Crippen LogP contribution in [0.5, 0.6) is 5.75 Å². The third-order valence-electron chi connectivity index (χ3n) is 2.39. The molecule has 94 valence electrons. The molecule has 0 saturated heterocycles. The van der Waals surface area contributed by atoms with Crippen molar-refractivity contribution < 1.29 is 9.50 Å². The quantitative estimate of drug-likeness (QED) is 0.894. The number of aryl methyl sites for hydroxylation is 1. The molecule has 0 aliphatic heterocycles. The largest absolute Gasteiger partial charge is 0.508 e. The molecule has 2 N–H and O–H groups in total. The Bertz CT molecular complexity index is 584. The number of anilines is 1. The summed E-state index contributed by atoms with van der Waals surface area (Å²) in [4.78, 5) is 8.52. The highest BCUT2D eigenvalue weighted by atomic mass is 79.9. The zero-order valence-corrected chi connectivity index (χ0v) is 11.4. The second kappa shape index (κ2) is 4.89. The second-order valence-electron chi connectivity index (χ2n) is 3.74. The van der Waals surface area contributed by atoms with Crippen molar-refractivity contribution >= 4 is 21.7 Å². The van der Waals surface area contributed by atoms with Gasteiger partial charge in [0.15, 0.2) is 5.82 Å². The van der Waals surface area contributed by atoms with Crippen molar-refractivity contribution in [1.29, 1.82) is 0 Å². The zero-order valence-electron chi connectivity index (χ0n) is 9.83. The fraction of sp³-hybridized carbons (Fsp3) is 0.167. The molecule has 0 fully saturated rings. The lowest BCUT2D eigenvalue weighted by atomic mass is 10.2. The van der Waals surface area contributed by atoms with Gasteiger partial charge in [-0.15, -0.1) is 0 Å². The molecule has 1 aromatic heterocycles. The average molecular weight is 312 g/mol. The molecule has 18 heavy (non-hydrogen) atoms. The van der Waals surface area contributed by atoms with Gasteiger partial charge in [-0.05, 0) is 35.0 Å². The number of phenolic OH excluding ortho intramolecular Hbond substituents is 1. The Balaban J connectivity index is 2.60. The molecule has 2 aromatic rings. The number of nitrogens with one attached hydrogen (secondary N) is 1. The Morgan fingerprint density at radius 2 is 2.00 bits per heavy atom. The van der Waals surface area contributed by atoms with E-state index in [9.17, 15) is 9.50 Å². The normalized spacial score (nSPS) is 10.4. The lowest BCUT2D eigenvalue weighted by molar-refractivity contribution is 0.469. The Labute approximate surface area is 112 Å². The standard InChI is InChI=1S/C12H11BrFN3O/c1-6-10(13)12(15-2)17-11(16-6)7-3-8(14)5-9(18)4-7/h3-5,18H,1-2H3,(H,15,16,17). The molecule has 1 aromatic carbocycles. The monoisotopic (exact) mass is 311 g/mol. The molecule has 0 saturated carbocycles. The van der Waals surface area contributed by atoms with Crippen LogP contribution in [0.25, 0.3) is 11.4 Å². The van der Waals surface area contributed by atoms with Gasteiger partial charge in [-0.25, -0.2) is 14.4 Å². The second-order valence-corrected chi connectivity index (χ2v) is 4.54. The number of nitrogens with zero attached hydrogens (tertiary/aromatic N) is 2. The van der Waals surface area contributed by atoms with E-state index in [1.807, 2.05) is 6.92 Å². The van der Waals surface area contributed by atoms with Crippen LogP contribution in [0.2, 0.25) is 0 Å². The minimum atomic E-state index is -0.528. The summed E-state index contributed by atoms with van der Waals surface area (Å²) in [6.07, 6.45) is 0. The summed E-state index contributed by atoms with van der Waals surface area (Å²) in [6.45, 7) is 1.81. The van der Waals surface area contributed by atoms with Crippen LogP contribution in [-0.2, 0) is 0 Å². The fourth-order valence-electron chi connectivity index (χ4n) is 1.56. The lowest BCUT2D eigenvalue weighted by Crippen LogP contribution is -2.00. The maximum Gasteiger partial charge on any atom is 0.162 e. The summed E-state index contributed by atoms with van der Waals surface area (Å²) >= 11 is 3.37. The number of hydrogen-bond acceptors (Lipinski definition) is 4. The van der Waals surface area contributed by atoms with Crippen LogP contribution in [0.15, 0.2) is 22.7 Å². The van der Waals surface area contributed by atoms with Gasteiger partial charge in [-0.2, -0.15) is 0 Å². The van der Waals surface area contributed by atoms with Gasteiger partial charge in [-0.3, -0.25) is 0 Å². The molecule has 2 rings (SSSR count). The molecular formula is C12H11BrFN3O. The van der Waals surface area contributed by atoms with Gasteiger partial charge in [-0.1, -0.05) is 0 Å². The Hall–Kier alpha value is -1.69. The van der Waals surface area contributed by atoms with Crippen LogP contribution in [0.1, 0.15) is 5.69 Å². The molecule has 4 nitrogen and oxygen atoms in total. The number of rotatable bonds is 2. The predicted molar refractivity (Wildman–Crippen MR) is 71.1 cm³/mol. The van der Waals surface area contributed by atoms with Crippen molar-refractivity contribution in [1.82, 2.24) is 9.97 Å². The summed E-state index contributed by atoms with van der Waals surface area (Å²) in [7, 11) is 1.74. The first-order valence-electron chi connectivity index (χ1n) is 5.23. The van der Waals surface area contributed by atoms with Gasteiger partial charge in [0.1, 0.15) is 17.4 Å². The van der Waals surface area contributed by atoms with E-state index >= 15 is 0 Å². The first-order chi connectivity index (χ1) is 8.51. The van der Waals surface area contributed by atoms with Crippen LogP contribution < -0.4 is 5.32 Å². The van der Waals surface area contributed by atoms with Crippen molar-refractivity contribution in [3.63, 3.8) is 0 Å². The van der Waals surface area contributed by atoms with Crippen LogP contribution in [-0.4, -0.2) is 22.1 Å². The van der Waals surface area contributed by atoms with E-state index in [2.05, 4.69) is 31.2 Å². The first-order valence-corrected chi connectivity index (χ1v) is 6.02. The Morgan fingerprint density at radius 1 is 1.28 bits per heavy atom. The molecule has 1 heterocycles. The van der Waals surface area contributed by atoms with E-state index in [0.717, 1.165) is 16.2 Å². The number of aromatic hydroxyl groups is 1. The van der Waals surface area contributed by atoms with Crippen molar-refractivity contribution in [3.8, 4) is 17.1 Å². The summed E-state index contributed by atoms with van der Waals surface area (Å²) in [5.41, 5.74) is 1.16. The summed E-state index contributed by atoms with van der Waals surface area (Å²) < 4.78 is 14.0. The fourth-order valence-corrected chi connectivity index (χ4v) is 1.93. The van der Waals surface area contributed by atoms with E-state index in [1.54, 1.807) is 7.05 Å². The Kier molecular flexibility index (Phi) is 3.47. The molecule has 0 amide bonds. The predicted octanol–water partition coefficient (Wildman–Crippen LogP) is 3.10. The molecule has 6 heteroatoms. The highest BCUT2D eigenvalue weighted by molar-refractivity contribution is 9.10. The lowest BCUT2D eigenvalue weighted by Gasteiger charge is -2.09. The highest BCUT2D eigenvalue weighted by Crippen LogP contribution is 2.28. The van der Waals surface area contributed by atoms with Gasteiger partial charge in [0.25, 0.3) is 0 Å². The third kappa shape index (κ3) is 2.43. The number of halogens is 2. The maximum atomic E-state index is 13.2. The molecule has 0 unspecified atom stereocenters. The van der Waals surface area contributed by atoms with Crippen molar-refractivity contribution in [2.45, 2.75) is 6.92 Å². The van der Waals surface area contributed by atoms with Crippen LogP contribution in [0, 0.1) is 12.7 Å². The molecule has 0 spiro atoms. The van der Waals surface area contributed by atoms with Crippen molar-refractivity contribution in [3.05, 3.63) is 34.2 Å². The molecule has 0 aliphatic carbocycles.